The van der Waals surface area contributed by atoms with Crippen molar-refractivity contribution in [2.75, 3.05) is 0 Å². The van der Waals surface area contributed by atoms with Crippen LogP contribution in [0, 0.1) is 13.8 Å². The molecular formula is C16H20N2O. The minimum Gasteiger partial charge on any atom is -0.326 e. The molecule has 0 aliphatic heterocycles. The topological polar surface area (TPSA) is 48.0 Å². The Morgan fingerprint density at radius 2 is 1.89 bits per heavy atom. The summed E-state index contributed by atoms with van der Waals surface area (Å²) in [6.07, 6.45) is 0. The highest BCUT2D eigenvalue weighted by Crippen LogP contribution is 2.23. The second kappa shape index (κ2) is 5.41. The summed E-state index contributed by atoms with van der Waals surface area (Å²) < 4.78 is 1.80. The Morgan fingerprint density at radius 1 is 1.16 bits per heavy atom. The molecule has 3 nitrogen and oxygen atoms in total. The summed E-state index contributed by atoms with van der Waals surface area (Å²) >= 11 is 0. The summed E-state index contributed by atoms with van der Waals surface area (Å²) in [6.45, 7) is 7.04. The first kappa shape index (κ1) is 13.6. The highest BCUT2D eigenvalue weighted by atomic mass is 16.1. The van der Waals surface area contributed by atoms with E-state index in [-0.39, 0.29) is 12.1 Å². The zero-order chi connectivity index (χ0) is 14.0. The van der Waals surface area contributed by atoms with Crippen molar-refractivity contribution in [2.24, 2.45) is 5.73 Å². The van der Waals surface area contributed by atoms with Crippen molar-refractivity contribution >= 4 is 0 Å². The Hall–Kier alpha value is -1.87. The van der Waals surface area contributed by atoms with Crippen molar-refractivity contribution in [1.82, 2.24) is 4.57 Å². The fourth-order valence-corrected chi connectivity index (χ4v) is 2.34. The van der Waals surface area contributed by atoms with Crippen LogP contribution in [0.2, 0.25) is 0 Å². The molecule has 1 heterocycles. The zero-order valence-electron chi connectivity index (χ0n) is 11.7. The number of pyridine rings is 1. The van der Waals surface area contributed by atoms with Crippen LogP contribution in [0.25, 0.3) is 11.3 Å². The average molecular weight is 256 g/mol. The van der Waals surface area contributed by atoms with Crippen LogP contribution in [-0.2, 0) is 13.1 Å². The minimum atomic E-state index is 0.0170. The van der Waals surface area contributed by atoms with Gasteiger partial charge < -0.3 is 10.3 Å². The molecular weight excluding hydrogens is 236 g/mol. The molecule has 0 atom stereocenters. The first-order valence-electron chi connectivity index (χ1n) is 6.59. The zero-order valence-corrected chi connectivity index (χ0v) is 11.7. The number of aryl methyl sites for hydroxylation is 2. The maximum atomic E-state index is 12.3. The number of hydrogen-bond acceptors (Lipinski definition) is 2. The summed E-state index contributed by atoms with van der Waals surface area (Å²) in [5, 5.41) is 0. The fourth-order valence-electron chi connectivity index (χ4n) is 2.34. The van der Waals surface area contributed by atoms with Gasteiger partial charge in [0, 0.05) is 24.2 Å². The first-order chi connectivity index (χ1) is 9.08. The molecule has 0 aliphatic rings. The molecule has 3 heteroatoms. The van der Waals surface area contributed by atoms with Gasteiger partial charge in [0.05, 0.1) is 5.69 Å². The number of nitrogens with two attached hydrogens (primary N) is 1. The largest absolute Gasteiger partial charge is 0.326 e. The summed E-state index contributed by atoms with van der Waals surface area (Å²) in [4.78, 5) is 12.3. The summed E-state index contributed by atoms with van der Waals surface area (Å²) in [5.41, 5.74) is 10.7. The molecule has 19 heavy (non-hydrogen) atoms. The molecule has 0 bridgehead atoms. The maximum absolute atomic E-state index is 12.3. The quantitative estimate of drug-likeness (QED) is 0.917. The van der Waals surface area contributed by atoms with Crippen LogP contribution >= 0.6 is 0 Å². The lowest BCUT2D eigenvalue weighted by molar-refractivity contribution is 0.722. The van der Waals surface area contributed by atoms with Crippen LogP contribution in [0.1, 0.15) is 23.6 Å². The molecule has 2 N–H and O–H groups in total. The van der Waals surface area contributed by atoms with Crippen LogP contribution in [0.4, 0.5) is 0 Å². The number of benzene rings is 1. The predicted molar refractivity (Wildman–Crippen MR) is 79.2 cm³/mol. The van der Waals surface area contributed by atoms with E-state index in [0.717, 1.165) is 11.3 Å². The molecule has 1 aromatic carbocycles. The maximum Gasteiger partial charge on any atom is 0.255 e. The van der Waals surface area contributed by atoms with Crippen LogP contribution < -0.4 is 11.3 Å². The van der Waals surface area contributed by atoms with Gasteiger partial charge in [0.25, 0.3) is 5.56 Å². The molecule has 0 unspecified atom stereocenters. The van der Waals surface area contributed by atoms with E-state index >= 15 is 0 Å². The van der Waals surface area contributed by atoms with Gasteiger partial charge >= 0.3 is 0 Å². The van der Waals surface area contributed by atoms with E-state index in [1.54, 1.807) is 4.57 Å². The lowest BCUT2D eigenvalue weighted by Gasteiger charge is -2.15. The normalized spacial score (nSPS) is 10.7. The smallest absolute Gasteiger partial charge is 0.255 e. The molecule has 0 amide bonds. The summed E-state index contributed by atoms with van der Waals surface area (Å²) in [7, 11) is 0. The van der Waals surface area contributed by atoms with Gasteiger partial charge in [-0.25, -0.2) is 0 Å². The second-order valence-corrected chi connectivity index (χ2v) is 4.82. The molecule has 0 spiro atoms. The van der Waals surface area contributed by atoms with E-state index in [0.29, 0.717) is 12.1 Å². The molecule has 1 aromatic heterocycles. The van der Waals surface area contributed by atoms with E-state index in [9.17, 15) is 4.79 Å². The van der Waals surface area contributed by atoms with E-state index in [2.05, 4.69) is 32.0 Å². The first-order valence-corrected chi connectivity index (χ1v) is 6.59. The Kier molecular flexibility index (Phi) is 3.86. The standard InChI is InChI=1S/C16H20N2O/c1-4-18-15(8-7-13(10-17)16(18)19)14-9-11(2)5-6-12(14)3/h5-9H,4,10,17H2,1-3H3. The third kappa shape index (κ3) is 2.47. The van der Waals surface area contributed by atoms with Gasteiger partial charge in [0.2, 0.25) is 0 Å². The summed E-state index contributed by atoms with van der Waals surface area (Å²) in [6, 6.07) is 10.1. The third-order valence-corrected chi connectivity index (χ3v) is 3.46. The van der Waals surface area contributed by atoms with Gasteiger partial charge in [0.15, 0.2) is 0 Å². The lowest BCUT2D eigenvalue weighted by Crippen LogP contribution is -2.26. The van der Waals surface area contributed by atoms with E-state index < -0.39 is 0 Å². The van der Waals surface area contributed by atoms with E-state index in [4.69, 9.17) is 5.73 Å². The SMILES string of the molecule is CCn1c(-c2cc(C)ccc2C)ccc(CN)c1=O. The molecule has 0 saturated heterocycles. The highest BCUT2D eigenvalue weighted by Gasteiger charge is 2.10. The molecule has 100 valence electrons. The number of hydrogen-bond donors (Lipinski definition) is 1. The van der Waals surface area contributed by atoms with Gasteiger partial charge in [-0.2, -0.15) is 0 Å². The Labute approximate surface area is 113 Å². The molecule has 0 fully saturated rings. The Balaban J connectivity index is 2.72. The Morgan fingerprint density at radius 3 is 2.53 bits per heavy atom. The monoisotopic (exact) mass is 256 g/mol. The second-order valence-electron chi connectivity index (χ2n) is 4.82. The van der Waals surface area contributed by atoms with Crippen LogP contribution in [-0.4, -0.2) is 4.57 Å². The van der Waals surface area contributed by atoms with Gasteiger partial charge in [-0.15, -0.1) is 0 Å². The van der Waals surface area contributed by atoms with Crippen LogP contribution in [0.3, 0.4) is 0 Å². The number of nitrogens with zero attached hydrogens (tertiary/aromatic N) is 1. The molecule has 0 saturated carbocycles. The van der Waals surface area contributed by atoms with Crippen molar-refractivity contribution < 1.29 is 0 Å². The van der Waals surface area contributed by atoms with Crippen molar-refractivity contribution in [1.29, 1.82) is 0 Å². The lowest BCUT2D eigenvalue weighted by atomic mass is 10.0. The third-order valence-electron chi connectivity index (χ3n) is 3.46. The van der Waals surface area contributed by atoms with Crippen molar-refractivity contribution in [3.8, 4) is 11.3 Å². The number of rotatable bonds is 3. The van der Waals surface area contributed by atoms with Gasteiger partial charge in [-0.05, 0) is 38.5 Å². The van der Waals surface area contributed by atoms with E-state index in [1.165, 1.54) is 11.1 Å². The van der Waals surface area contributed by atoms with Gasteiger partial charge in [-0.1, -0.05) is 23.8 Å². The highest BCUT2D eigenvalue weighted by molar-refractivity contribution is 5.65. The van der Waals surface area contributed by atoms with Crippen LogP contribution in [0.15, 0.2) is 35.1 Å². The molecule has 0 radical (unpaired) electrons. The predicted octanol–water partition coefficient (Wildman–Crippen LogP) is 2.61. The van der Waals surface area contributed by atoms with Crippen molar-refractivity contribution in [3.63, 3.8) is 0 Å². The van der Waals surface area contributed by atoms with Crippen LogP contribution in [0.5, 0.6) is 0 Å². The fraction of sp³-hybridized carbons (Fsp3) is 0.312. The van der Waals surface area contributed by atoms with Gasteiger partial charge in [0.1, 0.15) is 0 Å². The Bertz CT molecular complexity index is 656. The van der Waals surface area contributed by atoms with E-state index in [1.807, 2.05) is 19.1 Å². The minimum absolute atomic E-state index is 0.0170. The molecule has 0 aliphatic carbocycles. The molecule has 2 aromatic rings. The van der Waals surface area contributed by atoms with Crippen molar-refractivity contribution in [2.45, 2.75) is 33.9 Å². The van der Waals surface area contributed by atoms with Gasteiger partial charge in [-0.3, -0.25) is 4.79 Å². The number of aromatic nitrogens is 1. The van der Waals surface area contributed by atoms with Crippen molar-refractivity contribution in [3.05, 3.63) is 57.4 Å². The summed E-state index contributed by atoms with van der Waals surface area (Å²) in [5.74, 6) is 0. The molecule has 2 rings (SSSR count). The average Bonchev–Trinajstić information content (AvgIpc) is 2.41.